The minimum atomic E-state index is -1.29. The molecule has 0 aliphatic heterocycles. The van der Waals surface area contributed by atoms with Crippen molar-refractivity contribution in [2.24, 2.45) is 0 Å². The molecule has 1 N–H and O–H groups in total. The summed E-state index contributed by atoms with van der Waals surface area (Å²) >= 11 is 0. The zero-order valence-corrected chi connectivity index (χ0v) is 10.5. The van der Waals surface area contributed by atoms with Crippen molar-refractivity contribution in [2.45, 2.75) is 6.92 Å². The van der Waals surface area contributed by atoms with Gasteiger partial charge in [0.25, 0.3) is 0 Å². The van der Waals surface area contributed by atoms with Crippen LogP contribution in [-0.4, -0.2) is 33.4 Å². The first-order valence-corrected chi connectivity index (χ1v) is 5.79. The van der Waals surface area contributed by atoms with Gasteiger partial charge in [0, 0.05) is 6.20 Å². The first-order chi connectivity index (χ1) is 9.52. The summed E-state index contributed by atoms with van der Waals surface area (Å²) in [6, 6.07) is 5.26. The van der Waals surface area contributed by atoms with Crippen molar-refractivity contribution in [1.29, 1.82) is 0 Å². The number of carboxylic acids is 1. The van der Waals surface area contributed by atoms with E-state index < -0.39 is 17.8 Å². The molecule has 2 aromatic rings. The molecule has 1 aromatic carbocycles. The summed E-state index contributed by atoms with van der Waals surface area (Å²) in [6.45, 7) is 1.72. The molecule has 2 rings (SSSR count). The highest BCUT2D eigenvalue weighted by Crippen LogP contribution is 2.14. The van der Waals surface area contributed by atoms with E-state index in [1.807, 2.05) is 0 Å². The number of benzene rings is 1. The summed E-state index contributed by atoms with van der Waals surface area (Å²) in [7, 11) is 0. The quantitative estimate of drug-likeness (QED) is 0.864. The fourth-order valence-electron chi connectivity index (χ4n) is 1.61. The van der Waals surface area contributed by atoms with Gasteiger partial charge in [0.1, 0.15) is 11.4 Å². The molecule has 0 fully saturated rings. The van der Waals surface area contributed by atoms with E-state index in [1.54, 1.807) is 6.92 Å². The van der Waals surface area contributed by atoms with Crippen molar-refractivity contribution in [2.75, 3.05) is 6.61 Å². The molecule has 1 heterocycles. The summed E-state index contributed by atoms with van der Waals surface area (Å²) < 4.78 is 18.8. The van der Waals surface area contributed by atoms with Gasteiger partial charge in [-0.25, -0.2) is 18.7 Å². The molecule has 0 atom stereocenters. The lowest BCUT2D eigenvalue weighted by Gasteiger charge is -2.00. The molecule has 7 heteroatoms. The predicted octanol–water partition coefficient (Wildman–Crippen LogP) is 1.89. The Morgan fingerprint density at radius 2 is 2.00 bits per heavy atom. The smallest absolute Gasteiger partial charge is 0.359 e. The Hall–Kier alpha value is -2.70. The number of hydrogen-bond acceptors (Lipinski definition) is 4. The Morgan fingerprint density at radius 3 is 2.55 bits per heavy atom. The lowest BCUT2D eigenvalue weighted by atomic mass is 10.2. The number of ether oxygens (including phenoxy) is 1. The van der Waals surface area contributed by atoms with E-state index in [9.17, 15) is 14.0 Å². The SMILES string of the molecule is CCOC(=O)c1nn(-c2ccc(F)cc2)cc1C(=O)O. The van der Waals surface area contributed by atoms with Gasteiger partial charge in [0.15, 0.2) is 5.69 Å². The number of nitrogens with zero attached hydrogens (tertiary/aromatic N) is 2. The Bertz CT molecular complexity index is 649. The normalized spacial score (nSPS) is 10.3. The lowest BCUT2D eigenvalue weighted by molar-refractivity contribution is 0.0507. The van der Waals surface area contributed by atoms with Crippen molar-refractivity contribution in [3.8, 4) is 5.69 Å². The molecule has 0 aliphatic rings. The van der Waals surface area contributed by atoms with Crippen LogP contribution in [0.15, 0.2) is 30.5 Å². The monoisotopic (exact) mass is 278 g/mol. The van der Waals surface area contributed by atoms with Crippen LogP contribution in [0.4, 0.5) is 4.39 Å². The van der Waals surface area contributed by atoms with Gasteiger partial charge < -0.3 is 9.84 Å². The minimum absolute atomic E-state index is 0.112. The second-order valence-corrected chi connectivity index (χ2v) is 3.84. The van der Waals surface area contributed by atoms with Gasteiger partial charge >= 0.3 is 11.9 Å². The van der Waals surface area contributed by atoms with Gasteiger partial charge in [-0.3, -0.25) is 0 Å². The van der Waals surface area contributed by atoms with Crippen LogP contribution < -0.4 is 0 Å². The predicted molar refractivity (Wildman–Crippen MR) is 66.4 cm³/mol. The van der Waals surface area contributed by atoms with Crippen LogP contribution >= 0.6 is 0 Å². The van der Waals surface area contributed by atoms with E-state index in [0.717, 1.165) is 0 Å². The van der Waals surface area contributed by atoms with Crippen LogP contribution in [0.2, 0.25) is 0 Å². The average molecular weight is 278 g/mol. The number of rotatable bonds is 4. The van der Waals surface area contributed by atoms with Gasteiger partial charge in [0.2, 0.25) is 0 Å². The number of halogens is 1. The maximum Gasteiger partial charge on any atom is 0.359 e. The number of hydrogen-bond donors (Lipinski definition) is 1. The Kier molecular flexibility index (Phi) is 3.79. The molecule has 0 spiro atoms. The summed E-state index contributed by atoms with van der Waals surface area (Å²) in [5, 5.41) is 13.0. The highest BCUT2D eigenvalue weighted by Gasteiger charge is 2.23. The number of carbonyl (C=O) groups is 2. The van der Waals surface area contributed by atoms with E-state index in [-0.39, 0.29) is 17.9 Å². The summed E-state index contributed by atoms with van der Waals surface area (Å²) in [5.41, 5.74) is -0.124. The van der Waals surface area contributed by atoms with Crippen LogP contribution in [0.5, 0.6) is 0 Å². The minimum Gasteiger partial charge on any atom is -0.478 e. The van der Waals surface area contributed by atoms with Gasteiger partial charge in [-0.05, 0) is 31.2 Å². The molecular weight excluding hydrogens is 267 g/mol. The third kappa shape index (κ3) is 2.66. The highest BCUT2D eigenvalue weighted by molar-refractivity contribution is 6.00. The molecule has 0 radical (unpaired) electrons. The van der Waals surface area contributed by atoms with E-state index in [1.165, 1.54) is 35.1 Å². The maximum atomic E-state index is 12.8. The molecule has 0 saturated carbocycles. The number of aromatic carboxylic acids is 1. The molecule has 6 nitrogen and oxygen atoms in total. The van der Waals surface area contributed by atoms with Crippen molar-refractivity contribution in [3.05, 3.63) is 47.5 Å². The van der Waals surface area contributed by atoms with Crippen LogP contribution in [0, 0.1) is 5.82 Å². The first-order valence-electron chi connectivity index (χ1n) is 5.79. The van der Waals surface area contributed by atoms with E-state index >= 15 is 0 Å². The Balaban J connectivity index is 2.46. The fraction of sp³-hybridized carbons (Fsp3) is 0.154. The van der Waals surface area contributed by atoms with Crippen molar-refractivity contribution in [1.82, 2.24) is 9.78 Å². The van der Waals surface area contributed by atoms with E-state index in [4.69, 9.17) is 9.84 Å². The number of esters is 1. The Labute approximate surface area is 113 Å². The van der Waals surface area contributed by atoms with Gasteiger partial charge in [-0.1, -0.05) is 0 Å². The molecule has 20 heavy (non-hydrogen) atoms. The molecule has 1 aromatic heterocycles. The van der Waals surface area contributed by atoms with Gasteiger partial charge in [-0.2, -0.15) is 5.10 Å². The number of carbonyl (C=O) groups excluding carboxylic acids is 1. The van der Waals surface area contributed by atoms with Crippen LogP contribution in [0.3, 0.4) is 0 Å². The van der Waals surface area contributed by atoms with E-state index in [2.05, 4.69) is 5.10 Å². The molecule has 0 amide bonds. The van der Waals surface area contributed by atoms with Crippen LogP contribution in [0.25, 0.3) is 5.69 Å². The second kappa shape index (κ2) is 5.52. The highest BCUT2D eigenvalue weighted by atomic mass is 19.1. The Morgan fingerprint density at radius 1 is 1.35 bits per heavy atom. The third-order valence-corrected chi connectivity index (χ3v) is 2.50. The first kappa shape index (κ1) is 13.7. The summed E-state index contributed by atoms with van der Waals surface area (Å²) in [4.78, 5) is 22.8. The van der Waals surface area contributed by atoms with Gasteiger partial charge in [-0.15, -0.1) is 0 Å². The van der Waals surface area contributed by atoms with Crippen LogP contribution in [-0.2, 0) is 4.74 Å². The summed E-state index contributed by atoms with van der Waals surface area (Å²) in [5.74, 6) is -2.53. The number of aromatic nitrogens is 2. The zero-order valence-electron chi connectivity index (χ0n) is 10.5. The third-order valence-electron chi connectivity index (χ3n) is 2.50. The molecule has 0 unspecified atom stereocenters. The lowest BCUT2D eigenvalue weighted by Crippen LogP contribution is -2.11. The molecule has 104 valence electrons. The largest absolute Gasteiger partial charge is 0.478 e. The van der Waals surface area contributed by atoms with Crippen molar-refractivity contribution < 1.29 is 23.8 Å². The summed E-state index contributed by atoms with van der Waals surface area (Å²) in [6.07, 6.45) is 1.18. The molecule has 0 bridgehead atoms. The van der Waals surface area contributed by atoms with Crippen molar-refractivity contribution >= 4 is 11.9 Å². The molecule has 0 aliphatic carbocycles. The zero-order chi connectivity index (χ0) is 14.7. The van der Waals surface area contributed by atoms with Crippen LogP contribution in [0.1, 0.15) is 27.8 Å². The average Bonchev–Trinajstić information content (AvgIpc) is 2.85. The topological polar surface area (TPSA) is 81.4 Å². The van der Waals surface area contributed by atoms with Crippen molar-refractivity contribution in [3.63, 3.8) is 0 Å². The second-order valence-electron chi connectivity index (χ2n) is 3.84. The molecular formula is C13H11FN2O4. The molecule has 0 saturated heterocycles. The van der Waals surface area contributed by atoms with E-state index in [0.29, 0.717) is 5.69 Å². The fourth-order valence-corrected chi connectivity index (χ4v) is 1.61. The standard InChI is InChI=1S/C13H11FN2O4/c1-2-20-13(19)11-10(12(17)18)7-16(15-11)9-5-3-8(14)4-6-9/h3-7H,2H2,1H3,(H,17,18). The van der Waals surface area contributed by atoms with Gasteiger partial charge in [0.05, 0.1) is 12.3 Å². The number of carboxylic acid groups (broad SMARTS) is 1. The maximum absolute atomic E-state index is 12.8.